The van der Waals surface area contributed by atoms with Gasteiger partial charge in [0, 0.05) is 0 Å². The molecule has 1 amide bonds. The lowest BCUT2D eigenvalue weighted by molar-refractivity contribution is -0.145. The van der Waals surface area contributed by atoms with Crippen molar-refractivity contribution in [2.45, 2.75) is 44.8 Å². The first kappa shape index (κ1) is 19.0. The van der Waals surface area contributed by atoms with Gasteiger partial charge >= 0.3 is 5.97 Å². The van der Waals surface area contributed by atoms with Gasteiger partial charge in [-0.3, -0.25) is 4.79 Å². The Hall–Kier alpha value is -1.01. The van der Waals surface area contributed by atoms with Crippen LogP contribution in [0.15, 0.2) is 12.2 Å². The fourth-order valence-corrected chi connectivity index (χ4v) is 2.03. The molecule has 2 atom stereocenters. The van der Waals surface area contributed by atoms with Gasteiger partial charge in [-0.05, 0) is 24.9 Å². The van der Waals surface area contributed by atoms with Crippen LogP contribution < -0.4 is 5.32 Å². The normalized spacial score (nSPS) is 14.0. The number of rotatable bonds is 10. The van der Waals surface area contributed by atoms with Crippen molar-refractivity contribution in [3.63, 3.8) is 0 Å². The van der Waals surface area contributed by atoms with Crippen LogP contribution in [-0.2, 0) is 14.3 Å². The number of carbonyl (C=O) groups is 2. The number of ether oxygens (including phenoxy) is 1. The lowest BCUT2D eigenvalue weighted by atomic mass is 10.1. The van der Waals surface area contributed by atoms with Crippen LogP contribution in [0.4, 0.5) is 0 Å². The highest BCUT2D eigenvalue weighted by Crippen LogP contribution is 2.04. The van der Waals surface area contributed by atoms with Gasteiger partial charge in [-0.1, -0.05) is 25.5 Å². The van der Waals surface area contributed by atoms with E-state index >= 15 is 0 Å². The average molecular weight is 303 g/mol. The summed E-state index contributed by atoms with van der Waals surface area (Å²) < 4.78 is 4.66. The quantitative estimate of drug-likeness (QED) is 0.472. The van der Waals surface area contributed by atoms with Crippen molar-refractivity contribution < 1.29 is 19.4 Å². The summed E-state index contributed by atoms with van der Waals surface area (Å²) in [6.45, 7) is 2.04. The largest absolute Gasteiger partial charge is 0.467 e. The molecule has 0 fully saturated rings. The van der Waals surface area contributed by atoms with Crippen molar-refractivity contribution in [1.29, 1.82) is 0 Å². The fraction of sp³-hybridized carbons (Fsp3) is 0.714. The first-order valence-electron chi connectivity index (χ1n) is 6.76. The van der Waals surface area contributed by atoms with Crippen LogP contribution in [0.2, 0.25) is 0 Å². The van der Waals surface area contributed by atoms with E-state index in [9.17, 15) is 14.7 Å². The smallest absolute Gasteiger partial charge is 0.328 e. The molecular weight excluding hydrogens is 278 g/mol. The molecule has 0 aliphatic rings. The number of aliphatic hydroxyl groups is 1. The molecule has 0 saturated heterocycles. The molecule has 2 N–H and O–H groups in total. The van der Waals surface area contributed by atoms with Gasteiger partial charge in [-0.2, -0.15) is 11.8 Å². The van der Waals surface area contributed by atoms with Gasteiger partial charge in [-0.15, -0.1) is 0 Å². The third-order valence-electron chi connectivity index (χ3n) is 2.64. The highest BCUT2D eigenvalue weighted by molar-refractivity contribution is 7.98. The number of thioether (sulfide) groups is 1. The number of carbonyl (C=O) groups excluding carboxylic acids is 2. The highest BCUT2D eigenvalue weighted by atomic mass is 32.2. The summed E-state index contributed by atoms with van der Waals surface area (Å²) in [5, 5.41) is 12.3. The summed E-state index contributed by atoms with van der Waals surface area (Å²) in [4.78, 5) is 23.3. The van der Waals surface area contributed by atoms with E-state index in [0.29, 0.717) is 6.42 Å². The van der Waals surface area contributed by atoms with Crippen molar-refractivity contribution in [1.82, 2.24) is 5.32 Å². The maximum absolute atomic E-state index is 11.8. The van der Waals surface area contributed by atoms with E-state index in [4.69, 9.17) is 0 Å². The van der Waals surface area contributed by atoms with Crippen LogP contribution in [0, 0.1) is 0 Å². The molecule has 0 saturated carbocycles. The lowest BCUT2D eigenvalue weighted by Gasteiger charge is -2.16. The molecule has 116 valence electrons. The Bertz CT molecular complexity index is 320. The first-order valence-corrected chi connectivity index (χ1v) is 8.15. The summed E-state index contributed by atoms with van der Waals surface area (Å²) in [7, 11) is 1.29. The summed E-state index contributed by atoms with van der Waals surface area (Å²) in [5.74, 6) is -0.0579. The van der Waals surface area contributed by atoms with E-state index < -0.39 is 18.1 Å². The third kappa shape index (κ3) is 8.98. The predicted octanol–water partition coefficient (Wildman–Crippen LogP) is 1.50. The lowest BCUT2D eigenvalue weighted by Crippen LogP contribution is -2.42. The first-order chi connectivity index (χ1) is 9.54. The molecule has 0 aromatic heterocycles. The molecule has 20 heavy (non-hydrogen) atoms. The Balaban J connectivity index is 4.26. The van der Waals surface area contributed by atoms with Crippen LogP contribution in [0.5, 0.6) is 0 Å². The molecule has 0 aliphatic heterocycles. The molecular formula is C14H25NO4S. The van der Waals surface area contributed by atoms with E-state index in [2.05, 4.69) is 10.1 Å². The van der Waals surface area contributed by atoms with Crippen LogP contribution in [0.25, 0.3) is 0 Å². The zero-order valence-corrected chi connectivity index (χ0v) is 13.2. The van der Waals surface area contributed by atoms with Gasteiger partial charge in [0.15, 0.2) is 0 Å². The predicted molar refractivity (Wildman–Crippen MR) is 81.6 cm³/mol. The molecule has 0 rings (SSSR count). The molecule has 0 aliphatic carbocycles. The minimum absolute atomic E-state index is 0.0486. The van der Waals surface area contributed by atoms with Crippen LogP contribution in [0.3, 0.4) is 0 Å². The van der Waals surface area contributed by atoms with Gasteiger partial charge < -0.3 is 15.2 Å². The fourth-order valence-electron chi connectivity index (χ4n) is 1.56. The van der Waals surface area contributed by atoms with Gasteiger partial charge in [0.1, 0.15) is 6.04 Å². The van der Waals surface area contributed by atoms with Gasteiger partial charge in [0.05, 0.1) is 19.6 Å². The summed E-state index contributed by atoms with van der Waals surface area (Å²) in [6.07, 6.45) is 6.90. The van der Waals surface area contributed by atoms with E-state index in [1.807, 2.05) is 19.3 Å². The van der Waals surface area contributed by atoms with E-state index in [0.717, 1.165) is 18.6 Å². The minimum atomic E-state index is -0.819. The average Bonchev–Trinajstić information content (AvgIpc) is 2.42. The molecule has 0 spiro atoms. The van der Waals surface area contributed by atoms with Gasteiger partial charge in [0.2, 0.25) is 5.91 Å². The Labute approximate surface area is 125 Å². The number of unbranched alkanes of at least 4 members (excludes halogenated alkanes) is 1. The van der Waals surface area contributed by atoms with E-state index in [-0.39, 0.29) is 12.3 Å². The molecule has 0 bridgehead atoms. The van der Waals surface area contributed by atoms with Crippen molar-refractivity contribution >= 4 is 23.6 Å². The monoisotopic (exact) mass is 303 g/mol. The van der Waals surface area contributed by atoms with E-state index in [1.54, 1.807) is 17.8 Å². The second kappa shape index (κ2) is 11.8. The van der Waals surface area contributed by atoms with Crippen LogP contribution >= 0.6 is 11.8 Å². The molecule has 0 heterocycles. The number of allylic oxidation sites excluding steroid dienone is 1. The number of esters is 1. The molecule has 0 aromatic carbocycles. The third-order valence-corrected chi connectivity index (χ3v) is 3.28. The van der Waals surface area contributed by atoms with Gasteiger partial charge in [0.25, 0.3) is 0 Å². The topological polar surface area (TPSA) is 75.6 Å². The maximum Gasteiger partial charge on any atom is 0.328 e. The SMILES string of the molecule is CCC/C=C/C(O)CC(=O)N[C@@H](CCSC)C(=O)OC. The van der Waals surface area contributed by atoms with Crippen molar-refractivity contribution in [3.05, 3.63) is 12.2 Å². The Morgan fingerprint density at radius 1 is 1.45 bits per heavy atom. The molecule has 0 radical (unpaired) electrons. The summed E-state index contributed by atoms with van der Waals surface area (Å²) in [6, 6.07) is -0.647. The molecule has 0 aromatic rings. The number of aliphatic hydroxyl groups excluding tert-OH is 1. The Morgan fingerprint density at radius 2 is 2.15 bits per heavy atom. The zero-order valence-electron chi connectivity index (χ0n) is 12.4. The second-order valence-electron chi connectivity index (χ2n) is 4.41. The number of hydrogen-bond donors (Lipinski definition) is 2. The zero-order chi connectivity index (χ0) is 15.4. The number of amides is 1. The van der Waals surface area contributed by atoms with Crippen molar-refractivity contribution in [2.75, 3.05) is 19.1 Å². The second-order valence-corrected chi connectivity index (χ2v) is 5.40. The van der Waals surface area contributed by atoms with Gasteiger partial charge in [-0.25, -0.2) is 4.79 Å². The number of hydrogen-bond acceptors (Lipinski definition) is 5. The number of methoxy groups -OCH3 is 1. The molecule has 5 nitrogen and oxygen atoms in total. The summed E-state index contributed by atoms with van der Waals surface area (Å²) in [5.41, 5.74) is 0. The maximum atomic E-state index is 11.8. The highest BCUT2D eigenvalue weighted by Gasteiger charge is 2.21. The van der Waals surface area contributed by atoms with Crippen LogP contribution in [-0.4, -0.2) is 48.2 Å². The minimum Gasteiger partial charge on any atom is -0.467 e. The molecule has 1 unspecified atom stereocenters. The van der Waals surface area contributed by atoms with Crippen LogP contribution in [0.1, 0.15) is 32.6 Å². The standard InChI is InChI=1S/C14H25NO4S/c1-4-5-6-7-11(16)10-13(17)15-12(8-9-20-3)14(18)19-2/h6-7,11-12,16H,4-5,8-10H2,1-3H3,(H,15,17)/b7-6+/t11?,12-/m0/s1. The Kier molecular flexibility index (Phi) is 11.2. The van der Waals surface area contributed by atoms with E-state index in [1.165, 1.54) is 7.11 Å². The van der Waals surface area contributed by atoms with Crippen molar-refractivity contribution in [2.24, 2.45) is 0 Å². The summed E-state index contributed by atoms with van der Waals surface area (Å²) >= 11 is 1.59. The number of nitrogens with one attached hydrogen (secondary N) is 1. The Morgan fingerprint density at radius 3 is 2.70 bits per heavy atom. The van der Waals surface area contributed by atoms with Crippen molar-refractivity contribution in [3.8, 4) is 0 Å². The molecule has 6 heteroatoms.